The van der Waals surface area contributed by atoms with Crippen molar-refractivity contribution in [3.63, 3.8) is 0 Å². The van der Waals surface area contributed by atoms with Gasteiger partial charge in [0.25, 0.3) is 0 Å². The second-order valence-electron chi connectivity index (χ2n) is 5.63. The number of benzene rings is 1. The van der Waals surface area contributed by atoms with E-state index in [1.165, 1.54) is 0 Å². The van der Waals surface area contributed by atoms with Crippen molar-refractivity contribution in [1.82, 2.24) is 5.32 Å². The molecule has 1 N–H and O–H groups in total. The van der Waals surface area contributed by atoms with Crippen LogP contribution in [0.25, 0.3) is 0 Å². The number of rotatable bonds is 12. The van der Waals surface area contributed by atoms with Gasteiger partial charge in [-0.15, -0.1) is 0 Å². The van der Waals surface area contributed by atoms with E-state index in [9.17, 15) is 9.59 Å². The Bertz CT molecular complexity index is 515. The van der Waals surface area contributed by atoms with Gasteiger partial charge in [0.1, 0.15) is 5.75 Å². The fourth-order valence-electron chi connectivity index (χ4n) is 2.43. The average molecular weight is 351 g/mol. The molecular weight excluding hydrogens is 322 g/mol. The van der Waals surface area contributed by atoms with E-state index in [2.05, 4.69) is 5.32 Å². The van der Waals surface area contributed by atoms with Gasteiger partial charge < -0.3 is 19.5 Å². The molecule has 1 rings (SSSR count). The summed E-state index contributed by atoms with van der Waals surface area (Å²) < 4.78 is 15.1. The highest BCUT2D eigenvalue weighted by Gasteiger charge is 2.15. The van der Waals surface area contributed by atoms with Gasteiger partial charge in [-0.1, -0.05) is 12.1 Å². The van der Waals surface area contributed by atoms with Crippen LogP contribution in [-0.4, -0.2) is 38.3 Å². The number of hydrogen-bond donors (Lipinski definition) is 1. The first-order valence-electron chi connectivity index (χ1n) is 8.76. The molecule has 0 radical (unpaired) electrons. The first-order valence-corrected chi connectivity index (χ1v) is 8.76. The molecule has 0 bridgehead atoms. The van der Waals surface area contributed by atoms with Crippen LogP contribution in [0.3, 0.4) is 0 Å². The molecule has 25 heavy (non-hydrogen) atoms. The molecule has 0 aromatic heterocycles. The number of carbonyl (C=O) groups excluding carboxylic acids is 2. The van der Waals surface area contributed by atoms with Crippen LogP contribution < -0.4 is 10.1 Å². The van der Waals surface area contributed by atoms with E-state index < -0.39 is 0 Å². The second-order valence-corrected chi connectivity index (χ2v) is 5.63. The zero-order valence-electron chi connectivity index (χ0n) is 15.4. The number of esters is 2. The minimum Gasteiger partial charge on any atom is -0.497 e. The zero-order chi connectivity index (χ0) is 18.5. The summed E-state index contributed by atoms with van der Waals surface area (Å²) in [6.07, 6.45) is 2.01. The van der Waals surface area contributed by atoms with Crippen molar-refractivity contribution >= 4 is 11.9 Å². The van der Waals surface area contributed by atoms with Crippen molar-refractivity contribution in [3.05, 3.63) is 29.8 Å². The Balaban J connectivity index is 2.50. The van der Waals surface area contributed by atoms with Gasteiger partial charge in [0, 0.05) is 19.0 Å². The molecule has 0 spiro atoms. The zero-order valence-corrected chi connectivity index (χ0v) is 15.4. The monoisotopic (exact) mass is 351 g/mol. The van der Waals surface area contributed by atoms with E-state index in [4.69, 9.17) is 14.2 Å². The normalized spacial score (nSPS) is 11.6. The van der Waals surface area contributed by atoms with E-state index in [1.54, 1.807) is 21.0 Å². The van der Waals surface area contributed by atoms with Crippen molar-refractivity contribution in [1.29, 1.82) is 0 Å². The van der Waals surface area contributed by atoms with Gasteiger partial charge in [-0.05, 0) is 44.4 Å². The van der Waals surface area contributed by atoms with E-state index in [-0.39, 0.29) is 24.4 Å². The Morgan fingerprint density at radius 1 is 1.04 bits per heavy atom. The molecule has 1 unspecified atom stereocenters. The van der Waals surface area contributed by atoms with Crippen LogP contribution in [0, 0.1) is 0 Å². The lowest BCUT2D eigenvalue weighted by atomic mass is 10.1. The predicted molar refractivity (Wildman–Crippen MR) is 95.4 cm³/mol. The van der Waals surface area contributed by atoms with Gasteiger partial charge in [0.15, 0.2) is 0 Å². The standard InChI is InChI=1S/C19H29NO5/c1-4-24-18(21)8-6-7-16(13-19(22)25-5-2)20-14-15-9-11-17(23-3)12-10-15/h9-12,16,20H,4-8,13-14H2,1-3H3. The lowest BCUT2D eigenvalue weighted by Gasteiger charge is -2.18. The van der Waals surface area contributed by atoms with Crippen LogP contribution in [-0.2, 0) is 25.6 Å². The van der Waals surface area contributed by atoms with Gasteiger partial charge in [-0.25, -0.2) is 0 Å². The third-order valence-electron chi connectivity index (χ3n) is 3.71. The summed E-state index contributed by atoms with van der Waals surface area (Å²) in [5.41, 5.74) is 1.10. The van der Waals surface area contributed by atoms with Gasteiger partial charge in [0.2, 0.25) is 0 Å². The van der Waals surface area contributed by atoms with Crippen LogP contribution in [0.15, 0.2) is 24.3 Å². The maximum atomic E-state index is 11.8. The lowest BCUT2D eigenvalue weighted by molar-refractivity contribution is -0.143. The minimum absolute atomic E-state index is 0.0458. The SMILES string of the molecule is CCOC(=O)CCCC(CC(=O)OCC)NCc1ccc(OC)cc1. The molecule has 140 valence electrons. The molecule has 0 aliphatic carbocycles. The number of hydrogen-bond acceptors (Lipinski definition) is 6. The largest absolute Gasteiger partial charge is 0.497 e. The number of carbonyl (C=O) groups is 2. The quantitative estimate of drug-likeness (QED) is 0.584. The molecule has 1 aromatic carbocycles. The topological polar surface area (TPSA) is 73.9 Å². The van der Waals surface area contributed by atoms with Crippen molar-refractivity contribution in [2.24, 2.45) is 0 Å². The Kier molecular flexibility index (Phi) is 10.3. The first kappa shape index (κ1) is 21.0. The van der Waals surface area contributed by atoms with Gasteiger partial charge in [-0.3, -0.25) is 9.59 Å². The number of ether oxygens (including phenoxy) is 3. The van der Waals surface area contributed by atoms with Crippen LogP contribution in [0.5, 0.6) is 5.75 Å². The Morgan fingerprint density at radius 3 is 2.28 bits per heavy atom. The van der Waals surface area contributed by atoms with E-state index in [0.717, 1.165) is 11.3 Å². The summed E-state index contributed by atoms with van der Waals surface area (Å²) in [5.74, 6) is 0.375. The highest BCUT2D eigenvalue weighted by atomic mass is 16.5. The van der Waals surface area contributed by atoms with Crippen LogP contribution in [0.2, 0.25) is 0 Å². The molecule has 1 aromatic rings. The second kappa shape index (κ2) is 12.3. The van der Waals surface area contributed by atoms with E-state index in [1.807, 2.05) is 24.3 Å². The lowest BCUT2D eigenvalue weighted by Crippen LogP contribution is -2.32. The maximum Gasteiger partial charge on any atom is 0.307 e. The molecule has 0 fully saturated rings. The van der Waals surface area contributed by atoms with Crippen LogP contribution in [0.1, 0.15) is 45.1 Å². The Hall–Kier alpha value is -2.08. The summed E-state index contributed by atoms with van der Waals surface area (Å²) in [4.78, 5) is 23.2. The molecule has 0 amide bonds. The van der Waals surface area contributed by atoms with Gasteiger partial charge in [0.05, 0.1) is 26.7 Å². The highest BCUT2D eigenvalue weighted by molar-refractivity contribution is 5.70. The maximum absolute atomic E-state index is 11.8. The highest BCUT2D eigenvalue weighted by Crippen LogP contribution is 2.13. The molecular formula is C19H29NO5. The molecule has 6 heteroatoms. The minimum atomic E-state index is -0.231. The van der Waals surface area contributed by atoms with Gasteiger partial charge in [-0.2, -0.15) is 0 Å². The van der Waals surface area contributed by atoms with Gasteiger partial charge >= 0.3 is 11.9 Å². The molecule has 0 saturated carbocycles. The molecule has 0 aliphatic heterocycles. The number of methoxy groups -OCH3 is 1. The molecule has 6 nitrogen and oxygen atoms in total. The first-order chi connectivity index (χ1) is 12.1. The van der Waals surface area contributed by atoms with Crippen molar-refractivity contribution in [2.75, 3.05) is 20.3 Å². The van der Waals surface area contributed by atoms with E-state index >= 15 is 0 Å². The summed E-state index contributed by atoms with van der Waals surface area (Å²) in [6.45, 7) is 4.97. The smallest absolute Gasteiger partial charge is 0.307 e. The molecule has 0 aliphatic rings. The average Bonchev–Trinajstić information content (AvgIpc) is 2.60. The van der Waals surface area contributed by atoms with Crippen LogP contribution in [0.4, 0.5) is 0 Å². The van der Waals surface area contributed by atoms with Crippen molar-refractivity contribution < 1.29 is 23.8 Å². The Morgan fingerprint density at radius 2 is 1.68 bits per heavy atom. The fourth-order valence-corrected chi connectivity index (χ4v) is 2.43. The summed E-state index contributed by atoms with van der Waals surface area (Å²) in [5, 5.41) is 3.37. The predicted octanol–water partition coefficient (Wildman–Crippen LogP) is 2.84. The molecule has 0 saturated heterocycles. The Labute approximate surface area is 149 Å². The summed E-state index contributed by atoms with van der Waals surface area (Å²) >= 11 is 0. The third-order valence-corrected chi connectivity index (χ3v) is 3.71. The van der Waals surface area contributed by atoms with Crippen LogP contribution >= 0.6 is 0 Å². The number of nitrogens with one attached hydrogen (secondary N) is 1. The molecule has 1 atom stereocenters. The summed E-state index contributed by atoms with van der Waals surface area (Å²) in [6, 6.07) is 7.71. The van der Waals surface area contributed by atoms with E-state index in [0.29, 0.717) is 39.0 Å². The molecule has 0 heterocycles. The third kappa shape index (κ3) is 9.10. The van der Waals surface area contributed by atoms with Crippen molar-refractivity contribution in [2.45, 2.75) is 52.1 Å². The fraction of sp³-hybridized carbons (Fsp3) is 0.579. The summed E-state index contributed by atoms with van der Waals surface area (Å²) in [7, 11) is 1.63. The van der Waals surface area contributed by atoms with Crippen molar-refractivity contribution in [3.8, 4) is 5.75 Å².